The molecule has 8 nitrogen and oxygen atoms in total. The van der Waals surface area contributed by atoms with Gasteiger partial charge in [-0.1, -0.05) is 24.3 Å². The molecule has 3 aromatic rings. The molecule has 0 aliphatic rings. The largest absolute Gasteiger partial charge is 0.369 e. The van der Waals surface area contributed by atoms with Gasteiger partial charge in [-0.15, -0.1) is 0 Å². The third kappa shape index (κ3) is 5.16. The molecule has 0 radical (unpaired) electrons. The van der Waals surface area contributed by atoms with Crippen molar-refractivity contribution >= 4 is 24.1 Å². The molecule has 0 fully saturated rings. The van der Waals surface area contributed by atoms with Crippen molar-refractivity contribution < 1.29 is 0 Å². The van der Waals surface area contributed by atoms with Crippen molar-refractivity contribution in [2.24, 2.45) is 9.98 Å². The standard InChI is InChI=1S/C20H22N8/c1-27(2)13-25-17-9-21-19(22-10-17)15-5-7-16(8-6-15)20-23-11-18(12-24-20)26-14-28(3)4/h5-14H,1-4H3. The van der Waals surface area contributed by atoms with E-state index < -0.39 is 0 Å². The smallest absolute Gasteiger partial charge is 0.159 e. The van der Waals surface area contributed by atoms with Gasteiger partial charge >= 0.3 is 0 Å². The van der Waals surface area contributed by atoms with Crippen LogP contribution in [0.15, 0.2) is 59.0 Å². The summed E-state index contributed by atoms with van der Waals surface area (Å²) in [7, 11) is 7.65. The number of aliphatic imine (C=N–C) groups is 2. The first-order valence-corrected chi connectivity index (χ1v) is 8.67. The highest BCUT2D eigenvalue weighted by molar-refractivity contribution is 5.65. The number of hydrogen-bond donors (Lipinski definition) is 0. The van der Waals surface area contributed by atoms with Crippen molar-refractivity contribution in [1.82, 2.24) is 29.7 Å². The Hall–Kier alpha value is -3.68. The van der Waals surface area contributed by atoms with Gasteiger partial charge < -0.3 is 9.80 Å². The van der Waals surface area contributed by atoms with Crippen LogP contribution in [0.25, 0.3) is 22.8 Å². The van der Waals surface area contributed by atoms with Crippen molar-refractivity contribution in [1.29, 1.82) is 0 Å². The van der Waals surface area contributed by atoms with Gasteiger partial charge in [0.2, 0.25) is 0 Å². The first-order chi connectivity index (χ1) is 13.5. The van der Waals surface area contributed by atoms with Crippen LogP contribution in [-0.2, 0) is 0 Å². The molecule has 3 rings (SSSR count). The lowest BCUT2D eigenvalue weighted by molar-refractivity contribution is 0.643. The van der Waals surface area contributed by atoms with Crippen LogP contribution in [0.4, 0.5) is 11.4 Å². The van der Waals surface area contributed by atoms with Crippen LogP contribution >= 0.6 is 0 Å². The second-order valence-corrected chi connectivity index (χ2v) is 6.52. The normalized spacial score (nSPS) is 11.3. The van der Waals surface area contributed by atoms with Crippen LogP contribution in [0.3, 0.4) is 0 Å². The molecule has 0 aliphatic carbocycles. The van der Waals surface area contributed by atoms with Crippen LogP contribution in [0.1, 0.15) is 0 Å². The van der Waals surface area contributed by atoms with Gasteiger partial charge in [0.25, 0.3) is 0 Å². The minimum absolute atomic E-state index is 0.643. The molecule has 0 saturated carbocycles. The average molecular weight is 374 g/mol. The summed E-state index contributed by atoms with van der Waals surface area (Å²) in [5.41, 5.74) is 3.25. The third-order valence-corrected chi connectivity index (χ3v) is 3.55. The molecule has 2 heterocycles. The maximum absolute atomic E-state index is 4.38. The first kappa shape index (κ1) is 19.1. The van der Waals surface area contributed by atoms with Crippen molar-refractivity contribution in [3.63, 3.8) is 0 Å². The number of hydrogen-bond acceptors (Lipinski definition) is 6. The Kier molecular flexibility index (Phi) is 6.01. The van der Waals surface area contributed by atoms with Gasteiger partial charge in [-0.05, 0) is 0 Å². The van der Waals surface area contributed by atoms with Crippen molar-refractivity contribution in [3.05, 3.63) is 49.1 Å². The lowest BCUT2D eigenvalue weighted by Crippen LogP contribution is -2.07. The molecule has 0 amide bonds. The molecule has 8 heteroatoms. The molecule has 28 heavy (non-hydrogen) atoms. The predicted octanol–water partition coefficient (Wildman–Crippen LogP) is 3.04. The molecule has 0 N–H and O–H groups in total. The van der Waals surface area contributed by atoms with Crippen LogP contribution in [0.2, 0.25) is 0 Å². The molecule has 0 atom stereocenters. The number of aromatic nitrogens is 4. The van der Waals surface area contributed by atoms with E-state index in [2.05, 4.69) is 29.9 Å². The minimum atomic E-state index is 0.643. The van der Waals surface area contributed by atoms with Gasteiger partial charge in [0.15, 0.2) is 11.6 Å². The van der Waals surface area contributed by atoms with E-state index in [9.17, 15) is 0 Å². The van der Waals surface area contributed by atoms with Gasteiger partial charge in [0.05, 0.1) is 37.5 Å². The van der Waals surface area contributed by atoms with Crippen molar-refractivity contribution in [2.75, 3.05) is 28.2 Å². The van der Waals surface area contributed by atoms with E-state index in [1.807, 2.05) is 62.3 Å². The summed E-state index contributed by atoms with van der Waals surface area (Å²) in [4.78, 5) is 29.8. The maximum atomic E-state index is 4.38. The Bertz CT molecular complexity index is 863. The maximum Gasteiger partial charge on any atom is 0.159 e. The number of rotatable bonds is 6. The van der Waals surface area contributed by atoms with Crippen molar-refractivity contribution in [2.45, 2.75) is 0 Å². The molecule has 142 valence electrons. The van der Waals surface area contributed by atoms with Crippen LogP contribution in [0, 0.1) is 0 Å². The predicted molar refractivity (Wildman–Crippen MR) is 112 cm³/mol. The monoisotopic (exact) mass is 374 g/mol. The SMILES string of the molecule is CN(C)C=Nc1cnc(-c2ccc(-c3ncc(N=CN(C)C)cn3)cc2)nc1. The highest BCUT2D eigenvalue weighted by atomic mass is 15.1. The molecule has 0 unspecified atom stereocenters. The molecular formula is C20H22N8. The zero-order valence-electron chi connectivity index (χ0n) is 16.4. The molecule has 0 bridgehead atoms. The molecule has 1 aromatic carbocycles. The summed E-state index contributed by atoms with van der Waals surface area (Å²) < 4.78 is 0. The fraction of sp³-hybridized carbons (Fsp3) is 0.200. The Morgan fingerprint density at radius 3 is 1.21 bits per heavy atom. The first-order valence-electron chi connectivity index (χ1n) is 8.67. The Morgan fingerprint density at radius 1 is 0.607 bits per heavy atom. The summed E-state index contributed by atoms with van der Waals surface area (Å²) >= 11 is 0. The Morgan fingerprint density at radius 2 is 0.929 bits per heavy atom. The van der Waals surface area contributed by atoms with E-state index in [4.69, 9.17) is 0 Å². The third-order valence-electron chi connectivity index (χ3n) is 3.55. The second-order valence-electron chi connectivity index (χ2n) is 6.52. The molecule has 0 spiro atoms. The summed E-state index contributed by atoms with van der Waals surface area (Å²) in [5.74, 6) is 1.29. The molecule has 0 saturated heterocycles. The average Bonchev–Trinajstić information content (AvgIpc) is 2.72. The topological polar surface area (TPSA) is 82.8 Å². The van der Waals surface area contributed by atoms with E-state index in [0.29, 0.717) is 23.0 Å². The highest BCUT2D eigenvalue weighted by Gasteiger charge is 2.05. The fourth-order valence-corrected chi connectivity index (χ4v) is 2.21. The van der Waals surface area contributed by atoms with E-state index in [-0.39, 0.29) is 0 Å². The van der Waals surface area contributed by atoms with E-state index in [1.54, 1.807) is 37.5 Å². The quantitative estimate of drug-likeness (QED) is 0.487. The highest BCUT2D eigenvalue weighted by Crippen LogP contribution is 2.22. The molecule has 0 aliphatic heterocycles. The lowest BCUT2D eigenvalue weighted by Gasteiger charge is -2.05. The zero-order valence-corrected chi connectivity index (χ0v) is 16.4. The fourth-order valence-electron chi connectivity index (χ4n) is 2.21. The zero-order chi connectivity index (χ0) is 19.9. The van der Waals surface area contributed by atoms with Gasteiger partial charge in [-0.3, -0.25) is 0 Å². The summed E-state index contributed by atoms with van der Waals surface area (Å²) in [5, 5.41) is 0. The van der Waals surface area contributed by atoms with Gasteiger partial charge in [0.1, 0.15) is 11.4 Å². The van der Waals surface area contributed by atoms with E-state index in [1.165, 1.54) is 0 Å². The van der Waals surface area contributed by atoms with Crippen LogP contribution in [-0.4, -0.2) is 70.6 Å². The molecule has 2 aromatic heterocycles. The molecular weight excluding hydrogens is 352 g/mol. The lowest BCUT2D eigenvalue weighted by atomic mass is 10.1. The van der Waals surface area contributed by atoms with Gasteiger partial charge in [-0.2, -0.15) is 0 Å². The summed E-state index contributed by atoms with van der Waals surface area (Å²) in [6.07, 6.45) is 10.2. The van der Waals surface area contributed by atoms with Crippen LogP contribution < -0.4 is 0 Å². The second kappa shape index (κ2) is 8.81. The van der Waals surface area contributed by atoms with E-state index in [0.717, 1.165) is 11.1 Å². The minimum Gasteiger partial charge on any atom is -0.369 e. The Balaban J connectivity index is 1.73. The van der Waals surface area contributed by atoms with Gasteiger partial charge in [-0.25, -0.2) is 29.9 Å². The Labute approximate surface area is 164 Å². The summed E-state index contributed by atoms with van der Waals surface area (Å²) in [6.45, 7) is 0. The van der Waals surface area contributed by atoms with Gasteiger partial charge in [0, 0.05) is 39.3 Å². The van der Waals surface area contributed by atoms with Crippen LogP contribution in [0.5, 0.6) is 0 Å². The van der Waals surface area contributed by atoms with E-state index >= 15 is 0 Å². The summed E-state index contributed by atoms with van der Waals surface area (Å²) in [6, 6.07) is 7.81. The number of nitrogens with zero attached hydrogens (tertiary/aromatic N) is 8. The number of benzene rings is 1. The van der Waals surface area contributed by atoms with Crippen molar-refractivity contribution in [3.8, 4) is 22.8 Å².